The zero-order chi connectivity index (χ0) is 14.7. The first-order valence-corrected chi connectivity index (χ1v) is 7.17. The lowest BCUT2D eigenvalue weighted by molar-refractivity contribution is -0.154. The van der Waals surface area contributed by atoms with Gasteiger partial charge in [-0.1, -0.05) is 6.58 Å². The van der Waals surface area contributed by atoms with E-state index in [0.717, 1.165) is 6.08 Å². The number of hydrogen-bond donors (Lipinski definition) is 2. The van der Waals surface area contributed by atoms with Crippen LogP contribution >= 0.6 is 0 Å². The minimum absolute atomic E-state index is 0.324. The number of fused-ring (bicyclic) bond motifs is 2. The second-order valence-corrected chi connectivity index (χ2v) is 5.12. The molecule has 4 atom stereocenters. The minimum atomic E-state index is -3.05. The van der Waals surface area contributed by atoms with E-state index in [1.54, 1.807) is 0 Å². The number of thiol groups is 1. The molecule has 2 saturated heterocycles. The third-order valence-corrected chi connectivity index (χ3v) is 3.63. The number of amides is 1. The average Bonchev–Trinajstić information content (AvgIpc) is 2.98. The zero-order valence-electron chi connectivity index (χ0n) is 10.5. The van der Waals surface area contributed by atoms with Gasteiger partial charge in [0.15, 0.2) is 6.10 Å². The van der Waals surface area contributed by atoms with Gasteiger partial charge in [-0.3, -0.25) is 13.8 Å². The molecule has 1 amide bonds. The van der Waals surface area contributed by atoms with Crippen LogP contribution in [-0.2, 0) is 34.2 Å². The molecule has 0 aromatic rings. The Morgan fingerprint density at radius 1 is 1.30 bits per heavy atom. The van der Waals surface area contributed by atoms with Crippen molar-refractivity contribution in [3.8, 4) is 0 Å². The van der Waals surface area contributed by atoms with Crippen molar-refractivity contribution in [2.75, 3.05) is 6.54 Å². The van der Waals surface area contributed by atoms with Gasteiger partial charge in [0.25, 0.3) is 11.0 Å². The van der Waals surface area contributed by atoms with Gasteiger partial charge >= 0.3 is 5.97 Å². The van der Waals surface area contributed by atoms with Crippen molar-refractivity contribution in [3.63, 3.8) is 0 Å². The highest BCUT2D eigenvalue weighted by molar-refractivity contribution is 7.67. The molecular formula is C11H15NO7S. The van der Waals surface area contributed by atoms with Gasteiger partial charge in [0.2, 0.25) is 5.91 Å². The summed E-state index contributed by atoms with van der Waals surface area (Å²) < 4.78 is 36.7. The molecule has 2 aliphatic heterocycles. The second-order valence-electron chi connectivity index (χ2n) is 4.46. The predicted molar refractivity (Wildman–Crippen MR) is 66.2 cm³/mol. The molecule has 2 bridgehead atoms. The van der Waals surface area contributed by atoms with Crippen LogP contribution in [0.2, 0.25) is 0 Å². The highest BCUT2D eigenvalue weighted by Gasteiger charge is 2.52. The Kier molecular flexibility index (Phi) is 4.73. The Bertz CT molecular complexity index is 481. The fraction of sp³-hybridized carbons (Fsp3) is 0.636. The molecule has 0 aromatic heterocycles. The molecule has 2 rings (SSSR count). The van der Waals surface area contributed by atoms with Crippen molar-refractivity contribution >= 4 is 22.9 Å². The normalized spacial score (nSPS) is 31.2. The first-order chi connectivity index (χ1) is 9.51. The number of carbonyl (C=O) groups is 2. The van der Waals surface area contributed by atoms with Gasteiger partial charge in [-0.15, -0.1) is 0 Å². The van der Waals surface area contributed by atoms with E-state index in [4.69, 9.17) is 13.7 Å². The van der Waals surface area contributed by atoms with Crippen molar-refractivity contribution in [2.45, 2.75) is 37.3 Å². The standard InChI is InChI=1S/C11H15NO7S/c1-2-8(13)12-5-9(14)18-10-6-3-4-7(17-6)11(10)19-20(15)16/h2,6-7,10-11,20H,1,3-5H2,(H,12,13). The molecule has 2 aliphatic rings. The molecule has 0 aliphatic carbocycles. The van der Waals surface area contributed by atoms with Crippen LogP contribution in [0.1, 0.15) is 12.8 Å². The SMILES string of the molecule is C=CC(=O)NCC(=O)OC1C2CCC(O2)C1O[SH](=O)=O. The smallest absolute Gasteiger partial charge is 0.325 e. The van der Waals surface area contributed by atoms with Crippen LogP contribution < -0.4 is 5.32 Å². The Labute approximate surface area is 117 Å². The molecule has 0 spiro atoms. The van der Waals surface area contributed by atoms with Gasteiger partial charge in [-0.2, -0.15) is 0 Å². The molecule has 9 heteroatoms. The van der Waals surface area contributed by atoms with Gasteiger partial charge in [0.1, 0.15) is 12.6 Å². The number of nitrogens with one attached hydrogen (secondary N) is 1. The molecule has 8 nitrogen and oxygen atoms in total. The molecule has 4 unspecified atom stereocenters. The lowest BCUT2D eigenvalue weighted by Crippen LogP contribution is -2.43. The number of ether oxygens (including phenoxy) is 2. The molecule has 2 heterocycles. The van der Waals surface area contributed by atoms with Gasteiger partial charge < -0.3 is 14.8 Å². The molecule has 112 valence electrons. The van der Waals surface area contributed by atoms with Crippen molar-refractivity contribution in [2.24, 2.45) is 0 Å². The predicted octanol–water partition coefficient (Wildman–Crippen LogP) is -1.33. The summed E-state index contributed by atoms with van der Waals surface area (Å²) in [7, 11) is -3.05. The number of rotatable bonds is 6. The van der Waals surface area contributed by atoms with E-state index in [9.17, 15) is 18.0 Å². The van der Waals surface area contributed by atoms with Crippen LogP contribution in [0.15, 0.2) is 12.7 Å². The second kappa shape index (κ2) is 6.33. The highest BCUT2D eigenvalue weighted by atomic mass is 32.2. The first-order valence-electron chi connectivity index (χ1n) is 6.07. The van der Waals surface area contributed by atoms with E-state index in [1.807, 2.05) is 0 Å². The topological polar surface area (TPSA) is 108 Å². The summed E-state index contributed by atoms with van der Waals surface area (Å²) in [6.45, 7) is 2.92. The fourth-order valence-corrected chi connectivity index (χ4v) is 2.85. The number of carbonyl (C=O) groups excluding carboxylic acids is 2. The van der Waals surface area contributed by atoms with E-state index < -0.39 is 35.1 Å². The maximum absolute atomic E-state index is 11.6. The van der Waals surface area contributed by atoms with Crippen molar-refractivity contribution < 1.29 is 31.7 Å². The van der Waals surface area contributed by atoms with E-state index >= 15 is 0 Å². The molecule has 1 N–H and O–H groups in total. The Balaban J connectivity index is 1.91. The monoisotopic (exact) mass is 305 g/mol. The van der Waals surface area contributed by atoms with Crippen molar-refractivity contribution in [1.29, 1.82) is 0 Å². The lowest BCUT2D eigenvalue weighted by atomic mass is 9.95. The van der Waals surface area contributed by atoms with Crippen molar-refractivity contribution in [3.05, 3.63) is 12.7 Å². The van der Waals surface area contributed by atoms with Gasteiger partial charge in [0.05, 0.1) is 12.2 Å². The van der Waals surface area contributed by atoms with Crippen LogP contribution in [-0.4, -0.2) is 51.3 Å². The van der Waals surface area contributed by atoms with Gasteiger partial charge in [-0.05, 0) is 18.9 Å². The third kappa shape index (κ3) is 3.35. The maximum Gasteiger partial charge on any atom is 0.325 e. The zero-order valence-corrected chi connectivity index (χ0v) is 11.4. The van der Waals surface area contributed by atoms with E-state index in [2.05, 4.69) is 11.9 Å². The van der Waals surface area contributed by atoms with Crippen molar-refractivity contribution in [1.82, 2.24) is 5.32 Å². The quantitative estimate of drug-likeness (QED) is 0.356. The number of esters is 1. The summed E-state index contributed by atoms with van der Waals surface area (Å²) in [4.78, 5) is 22.5. The summed E-state index contributed by atoms with van der Waals surface area (Å²) >= 11 is 0. The van der Waals surface area contributed by atoms with Crippen LogP contribution in [0.3, 0.4) is 0 Å². The minimum Gasteiger partial charge on any atom is -0.455 e. The molecule has 0 saturated carbocycles. The van der Waals surface area contributed by atoms with E-state index in [1.165, 1.54) is 0 Å². The summed E-state index contributed by atoms with van der Waals surface area (Å²) in [5.74, 6) is -1.18. The largest absolute Gasteiger partial charge is 0.455 e. The molecule has 20 heavy (non-hydrogen) atoms. The Morgan fingerprint density at radius 3 is 2.55 bits per heavy atom. The first kappa shape index (κ1) is 14.9. The highest BCUT2D eigenvalue weighted by Crippen LogP contribution is 2.38. The van der Waals surface area contributed by atoms with Crippen LogP contribution in [0, 0.1) is 0 Å². The summed E-state index contributed by atoms with van der Waals surface area (Å²) in [5.41, 5.74) is 0. The fourth-order valence-electron chi connectivity index (χ4n) is 2.39. The van der Waals surface area contributed by atoms with E-state index in [0.29, 0.717) is 12.8 Å². The third-order valence-electron chi connectivity index (χ3n) is 3.21. The van der Waals surface area contributed by atoms with Crippen LogP contribution in [0.25, 0.3) is 0 Å². The average molecular weight is 305 g/mol. The Hall–Kier alpha value is -1.45. The molecule has 0 aromatic carbocycles. The molecule has 2 fully saturated rings. The number of hydrogen-bond acceptors (Lipinski definition) is 7. The summed E-state index contributed by atoms with van der Waals surface area (Å²) in [6.07, 6.45) is 0.0508. The Morgan fingerprint density at radius 2 is 1.95 bits per heavy atom. The van der Waals surface area contributed by atoms with Gasteiger partial charge in [0, 0.05) is 0 Å². The molecular weight excluding hydrogens is 290 g/mol. The maximum atomic E-state index is 11.6. The van der Waals surface area contributed by atoms with Crippen LogP contribution in [0.4, 0.5) is 0 Å². The van der Waals surface area contributed by atoms with Crippen LogP contribution in [0.5, 0.6) is 0 Å². The molecule has 0 radical (unpaired) electrons. The van der Waals surface area contributed by atoms with E-state index in [-0.39, 0.29) is 18.8 Å². The summed E-state index contributed by atoms with van der Waals surface area (Å²) in [6, 6.07) is 0. The lowest BCUT2D eigenvalue weighted by Gasteiger charge is -2.25. The summed E-state index contributed by atoms with van der Waals surface area (Å²) in [5, 5.41) is 2.27. The van der Waals surface area contributed by atoms with Gasteiger partial charge in [-0.25, -0.2) is 8.42 Å².